The van der Waals surface area contributed by atoms with Crippen LogP contribution >= 0.6 is 0 Å². The summed E-state index contributed by atoms with van der Waals surface area (Å²) in [5.74, 6) is -1.41. The van der Waals surface area contributed by atoms with Gasteiger partial charge in [0.25, 0.3) is 0 Å². The van der Waals surface area contributed by atoms with Gasteiger partial charge in [0.05, 0.1) is 24.1 Å². The topological polar surface area (TPSA) is 71.8 Å². The van der Waals surface area contributed by atoms with Crippen molar-refractivity contribution in [3.05, 3.63) is 33.9 Å². The Balaban J connectivity index is 1.71. The summed E-state index contributed by atoms with van der Waals surface area (Å²) in [4.78, 5) is 26.3. The van der Waals surface area contributed by atoms with Crippen molar-refractivity contribution in [3.8, 4) is 5.75 Å². The predicted molar refractivity (Wildman–Crippen MR) is 108 cm³/mol. The van der Waals surface area contributed by atoms with E-state index in [1.54, 1.807) is 0 Å². The number of ether oxygens (including phenoxy) is 1. The lowest BCUT2D eigenvalue weighted by molar-refractivity contribution is 0.0694. The predicted octanol–water partition coefficient (Wildman–Crippen LogP) is 3.76. The molecule has 3 fully saturated rings. The van der Waals surface area contributed by atoms with E-state index in [0.29, 0.717) is 24.4 Å². The van der Waals surface area contributed by atoms with Gasteiger partial charge in [0.1, 0.15) is 17.4 Å². The third kappa shape index (κ3) is 2.80. The molecular weight excluding hydrogens is 394 g/mol. The fourth-order valence-corrected chi connectivity index (χ4v) is 4.92. The van der Waals surface area contributed by atoms with Crippen LogP contribution in [0.5, 0.6) is 5.75 Å². The van der Waals surface area contributed by atoms with Crippen LogP contribution in [0, 0.1) is 17.2 Å². The molecule has 1 aromatic heterocycles. The molecule has 1 saturated heterocycles. The number of pyridine rings is 1. The number of carbonyl (C=O) groups is 1. The number of aromatic nitrogens is 1. The molecule has 2 saturated carbocycles. The lowest BCUT2D eigenvalue weighted by atomic mass is 9.90. The van der Waals surface area contributed by atoms with E-state index >= 15 is 4.39 Å². The number of aromatic carboxylic acids is 1. The molecule has 160 valence electrons. The highest BCUT2D eigenvalue weighted by atomic mass is 19.1. The zero-order valence-electron chi connectivity index (χ0n) is 17.0. The number of methoxy groups -OCH3 is 1. The SMILES string of the molecule is COc1c(N2CC[C@@H](C3(C)CC3)C2)c(F)cc2c(=O)c(C(=O)O)cn([C@@H]3C[C@@H]3F)c12. The lowest BCUT2D eigenvalue weighted by Gasteiger charge is -2.25. The van der Waals surface area contributed by atoms with Crippen LogP contribution in [0.1, 0.15) is 49.0 Å². The minimum atomic E-state index is -1.42. The summed E-state index contributed by atoms with van der Waals surface area (Å²) < 4.78 is 36.3. The van der Waals surface area contributed by atoms with Crippen molar-refractivity contribution >= 4 is 22.6 Å². The van der Waals surface area contributed by atoms with Gasteiger partial charge in [-0.25, -0.2) is 13.6 Å². The summed E-state index contributed by atoms with van der Waals surface area (Å²) >= 11 is 0. The number of carboxylic acid groups (broad SMARTS) is 1. The largest absolute Gasteiger partial charge is 0.492 e. The maximum atomic E-state index is 15.3. The van der Waals surface area contributed by atoms with E-state index in [1.807, 2.05) is 4.90 Å². The van der Waals surface area contributed by atoms with Crippen LogP contribution in [0.4, 0.5) is 14.5 Å². The summed E-state index contributed by atoms with van der Waals surface area (Å²) in [6, 6.07) is 0.496. The Kier molecular flexibility index (Phi) is 4.14. The molecule has 0 unspecified atom stereocenters. The Morgan fingerprint density at radius 1 is 1.37 bits per heavy atom. The summed E-state index contributed by atoms with van der Waals surface area (Å²) in [6.45, 7) is 3.63. The van der Waals surface area contributed by atoms with Crippen LogP contribution in [0.15, 0.2) is 17.1 Å². The number of hydrogen-bond acceptors (Lipinski definition) is 4. The highest BCUT2D eigenvalue weighted by Gasteiger charge is 2.48. The van der Waals surface area contributed by atoms with Gasteiger partial charge < -0.3 is 19.3 Å². The standard InChI is InChI=1S/C22H24F2N2O4/c1-22(4-5-22)11-3-6-25(9-11)18-15(24)7-12-17(20(18)30-2)26(16-8-14(16)23)10-13(19(12)27)21(28)29/h7,10-11,14,16H,3-6,8-9H2,1-2H3,(H,28,29)/t11-,14+,16-/m1/s1. The molecule has 8 heteroatoms. The van der Waals surface area contributed by atoms with E-state index in [1.165, 1.54) is 30.7 Å². The highest BCUT2D eigenvalue weighted by Crippen LogP contribution is 2.55. The van der Waals surface area contributed by atoms with Gasteiger partial charge in [0.15, 0.2) is 11.6 Å². The first-order valence-electron chi connectivity index (χ1n) is 10.3. The molecular formula is C22H24F2N2O4. The van der Waals surface area contributed by atoms with Crippen molar-refractivity contribution in [1.82, 2.24) is 4.57 Å². The molecule has 0 bridgehead atoms. The van der Waals surface area contributed by atoms with Gasteiger partial charge in [0, 0.05) is 25.7 Å². The summed E-state index contributed by atoms with van der Waals surface area (Å²) in [5, 5.41) is 9.31. The van der Waals surface area contributed by atoms with Gasteiger partial charge >= 0.3 is 5.97 Å². The first kappa shape index (κ1) is 19.3. The highest BCUT2D eigenvalue weighted by molar-refractivity contribution is 5.97. The first-order chi connectivity index (χ1) is 14.2. The quantitative estimate of drug-likeness (QED) is 0.801. The summed E-state index contributed by atoms with van der Waals surface area (Å²) in [6.07, 6.45) is 3.56. The summed E-state index contributed by atoms with van der Waals surface area (Å²) in [7, 11) is 1.40. The van der Waals surface area contributed by atoms with Crippen molar-refractivity contribution < 1.29 is 23.4 Å². The Labute approximate surface area is 172 Å². The monoisotopic (exact) mass is 418 g/mol. The Morgan fingerprint density at radius 3 is 2.63 bits per heavy atom. The normalized spacial score (nSPS) is 26.8. The maximum absolute atomic E-state index is 15.3. The van der Waals surface area contributed by atoms with Crippen molar-refractivity contribution in [2.24, 2.45) is 11.3 Å². The van der Waals surface area contributed by atoms with Crippen LogP contribution in [-0.2, 0) is 0 Å². The van der Waals surface area contributed by atoms with Crippen LogP contribution in [0.25, 0.3) is 10.9 Å². The average Bonchev–Trinajstić information content (AvgIpc) is 3.57. The Bertz CT molecular complexity index is 1120. The fourth-order valence-electron chi connectivity index (χ4n) is 4.92. The third-order valence-corrected chi connectivity index (χ3v) is 7.20. The molecule has 6 nitrogen and oxygen atoms in total. The van der Waals surface area contributed by atoms with E-state index in [4.69, 9.17) is 4.74 Å². The number of anilines is 1. The second-order valence-corrected chi connectivity index (χ2v) is 9.13. The average molecular weight is 418 g/mol. The second-order valence-electron chi connectivity index (χ2n) is 9.13. The van der Waals surface area contributed by atoms with E-state index in [9.17, 15) is 19.1 Å². The number of fused-ring (bicyclic) bond motifs is 1. The third-order valence-electron chi connectivity index (χ3n) is 7.20. The van der Waals surface area contributed by atoms with E-state index < -0.39 is 35.0 Å². The molecule has 30 heavy (non-hydrogen) atoms. The van der Waals surface area contributed by atoms with Gasteiger partial charge in [0.2, 0.25) is 5.43 Å². The van der Waals surface area contributed by atoms with Gasteiger partial charge in [-0.05, 0) is 36.7 Å². The molecule has 0 amide bonds. The molecule has 1 aromatic carbocycles. The van der Waals surface area contributed by atoms with Crippen molar-refractivity contribution in [3.63, 3.8) is 0 Å². The smallest absolute Gasteiger partial charge is 0.341 e. The molecule has 3 atom stereocenters. The van der Waals surface area contributed by atoms with Gasteiger partial charge in [-0.2, -0.15) is 0 Å². The van der Waals surface area contributed by atoms with Crippen LogP contribution in [-0.4, -0.2) is 42.0 Å². The van der Waals surface area contributed by atoms with E-state index in [0.717, 1.165) is 12.5 Å². The second kappa shape index (κ2) is 6.43. The van der Waals surface area contributed by atoms with E-state index in [-0.39, 0.29) is 28.8 Å². The van der Waals surface area contributed by atoms with Crippen LogP contribution in [0.3, 0.4) is 0 Å². The summed E-state index contributed by atoms with van der Waals surface area (Å²) in [5.41, 5.74) is -0.459. The molecule has 2 aliphatic carbocycles. The number of benzene rings is 1. The minimum absolute atomic E-state index is 0.1000. The van der Waals surface area contributed by atoms with Crippen molar-refractivity contribution in [2.75, 3.05) is 25.1 Å². The van der Waals surface area contributed by atoms with Gasteiger partial charge in [-0.1, -0.05) is 6.92 Å². The number of rotatable bonds is 5. The van der Waals surface area contributed by atoms with Crippen LogP contribution in [0.2, 0.25) is 0 Å². The minimum Gasteiger partial charge on any atom is -0.492 e. The zero-order valence-corrected chi connectivity index (χ0v) is 17.0. The molecule has 0 radical (unpaired) electrons. The first-order valence-corrected chi connectivity index (χ1v) is 10.3. The Morgan fingerprint density at radius 2 is 2.07 bits per heavy atom. The van der Waals surface area contributed by atoms with Crippen LogP contribution < -0.4 is 15.1 Å². The lowest BCUT2D eigenvalue weighted by Crippen LogP contribution is -2.25. The molecule has 2 aromatic rings. The Hall–Kier alpha value is -2.64. The van der Waals surface area contributed by atoms with Crippen molar-refractivity contribution in [2.45, 2.75) is 44.8 Å². The molecule has 1 N–H and O–H groups in total. The van der Waals surface area contributed by atoms with Gasteiger partial charge in [-0.15, -0.1) is 0 Å². The molecule has 5 rings (SSSR count). The molecule has 2 heterocycles. The molecule has 0 spiro atoms. The molecule has 1 aliphatic heterocycles. The number of halogens is 2. The molecule has 3 aliphatic rings. The number of nitrogens with zero attached hydrogens (tertiary/aromatic N) is 2. The number of alkyl halides is 1. The van der Waals surface area contributed by atoms with E-state index in [2.05, 4.69) is 6.92 Å². The maximum Gasteiger partial charge on any atom is 0.341 e. The zero-order chi connectivity index (χ0) is 21.4. The number of hydrogen-bond donors (Lipinski definition) is 1. The number of carboxylic acids is 1. The van der Waals surface area contributed by atoms with Gasteiger partial charge in [-0.3, -0.25) is 4.79 Å². The fraction of sp³-hybridized carbons (Fsp3) is 0.545. The van der Waals surface area contributed by atoms with Crippen molar-refractivity contribution in [1.29, 1.82) is 0 Å².